The van der Waals surface area contributed by atoms with E-state index in [0.29, 0.717) is 12.3 Å². The van der Waals surface area contributed by atoms with Crippen LogP contribution in [0.15, 0.2) is 0 Å². The second-order valence-electron chi connectivity index (χ2n) is 5.99. The Labute approximate surface area is 93.0 Å². The maximum Gasteiger partial charge on any atom is 0.223 e. The number of likely N-dealkylation sites (tertiary alicyclic amines) is 1. The minimum absolute atomic E-state index is 0.0868. The van der Waals surface area contributed by atoms with Crippen LogP contribution in [-0.2, 0) is 4.79 Å². The van der Waals surface area contributed by atoms with Crippen molar-refractivity contribution in [2.75, 3.05) is 13.1 Å². The first-order chi connectivity index (χ1) is 6.79. The van der Waals surface area contributed by atoms with Crippen molar-refractivity contribution >= 4 is 5.91 Å². The molecule has 0 bridgehead atoms. The quantitative estimate of drug-likeness (QED) is 0.756. The molecule has 2 unspecified atom stereocenters. The number of carbonyl (C=O) groups is 1. The zero-order chi connectivity index (χ0) is 11.6. The molecule has 0 aromatic rings. The van der Waals surface area contributed by atoms with Crippen LogP contribution in [0.3, 0.4) is 0 Å². The normalized spacial score (nSPS) is 24.3. The Morgan fingerprint density at radius 3 is 2.53 bits per heavy atom. The lowest BCUT2D eigenvalue weighted by Gasteiger charge is -2.23. The molecule has 3 heteroatoms. The number of carbonyl (C=O) groups excluding carboxylic acids is 1. The van der Waals surface area contributed by atoms with Gasteiger partial charge in [-0.25, -0.2) is 0 Å². The Morgan fingerprint density at radius 2 is 2.13 bits per heavy atom. The highest BCUT2D eigenvalue weighted by Crippen LogP contribution is 2.24. The molecule has 2 atom stereocenters. The molecule has 0 radical (unpaired) electrons. The third kappa shape index (κ3) is 3.82. The van der Waals surface area contributed by atoms with Crippen LogP contribution in [0, 0.1) is 11.3 Å². The van der Waals surface area contributed by atoms with Gasteiger partial charge in [0.15, 0.2) is 0 Å². The van der Waals surface area contributed by atoms with E-state index in [1.54, 1.807) is 0 Å². The fraction of sp³-hybridized carbons (Fsp3) is 0.917. The molecular formula is C12H24N2O. The first-order valence-corrected chi connectivity index (χ1v) is 5.83. The number of hydrogen-bond acceptors (Lipinski definition) is 2. The predicted octanol–water partition coefficient (Wildman–Crippen LogP) is 1.62. The van der Waals surface area contributed by atoms with Crippen molar-refractivity contribution in [1.82, 2.24) is 4.90 Å². The van der Waals surface area contributed by atoms with E-state index in [1.807, 2.05) is 11.8 Å². The lowest BCUT2D eigenvalue weighted by atomic mass is 9.91. The molecule has 0 saturated carbocycles. The van der Waals surface area contributed by atoms with E-state index >= 15 is 0 Å². The Bertz CT molecular complexity index is 230. The first-order valence-electron chi connectivity index (χ1n) is 5.83. The Balaban J connectivity index is 2.44. The molecule has 2 N–H and O–H groups in total. The van der Waals surface area contributed by atoms with Crippen LogP contribution in [0.25, 0.3) is 0 Å². The molecule has 3 nitrogen and oxygen atoms in total. The SMILES string of the molecule is CC(N)C1CCN(C(=O)CC(C)(C)C)C1. The molecule has 1 aliphatic rings. The summed E-state index contributed by atoms with van der Waals surface area (Å²) >= 11 is 0. The van der Waals surface area contributed by atoms with Crippen molar-refractivity contribution < 1.29 is 4.79 Å². The van der Waals surface area contributed by atoms with Gasteiger partial charge in [-0.1, -0.05) is 20.8 Å². The highest BCUT2D eigenvalue weighted by Gasteiger charge is 2.29. The zero-order valence-electron chi connectivity index (χ0n) is 10.4. The summed E-state index contributed by atoms with van der Waals surface area (Å²) in [5.41, 5.74) is 5.94. The highest BCUT2D eigenvalue weighted by atomic mass is 16.2. The third-order valence-electron chi connectivity index (χ3n) is 3.00. The number of nitrogens with two attached hydrogens (primary N) is 1. The molecule has 1 amide bonds. The minimum atomic E-state index is 0.0868. The molecule has 1 rings (SSSR count). The minimum Gasteiger partial charge on any atom is -0.342 e. The average molecular weight is 212 g/mol. The van der Waals surface area contributed by atoms with Gasteiger partial charge in [0.1, 0.15) is 0 Å². The predicted molar refractivity (Wildman–Crippen MR) is 62.4 cm³/mol. The molecule has 88 valence electrons. The second kappa shape index (κ2) is 4.52. The summed E-state index contributed by atoms with van der Waals surface area (Å²) in [7, 11) is 0. The Kier molecular flexibility index (Phi) is 3.77. The monoisotopic (exact) mass is 212 g/mol. The lowest BCUT2D eigenvalue weighted by molar-refractivity contribution is -0.132. The summed E-state index contributed by atoms with van der Waals surface area (Å²) < 4.78 is 0. The van der Waals surface area contributed by atoms with E-state index in [1.165, 1.54) is 0 Å². The van der Waals surface area contributed by atoms with Crippen LogP contribution in [0.2, 0.25) is 0 Å². The fourth-order valence-electron chi connectivity index (χ4n) is 2.01. The molecular weight excluding hydrogens is 188 g/mol. The number of hydrogen-bond donors (Lipinski definition) is 1. The number of amides is 1. The van der Waals surface area contributed by atoms with Crippen molar-refractivity contribution in [2.45, 2.75) is 46.6 Å². The zero-order valence-corrected chi connectivity index (χ0v) is 10.4. The van der Waals surface area contributed by atoms with Crippen LogP contribution in [0.5, 0.6) is 0 Å². The van der Waals surface area contributed by atoms with Gasteiger partial charge < -0.3 is 10.6 Å². The van der Waals surface area contributed by atoms with Crippen molar-refractivity contribution in [3.63, 3.8) is 0 Å². The molecule has 15 heavy (non-hydrogen) atoms. The van der Waals surface area contributed by atoms with E-state index in [0.717, 1.165) is 19.5 Å². The van der Waals surface area contributed by atoms with E-state index in [9.17, 15) is 4.79 Å². The Morgan fingerprint density at radius 1 is 1.53 bits per heavy atom. The van der Waals surface area contributed by atoms with Crippen molar-refractivity contribution in [3.8, 4) is 0 Å². The van der Waals surface area contributed by atoms with Crippen LogP contribution in [0.1, 0.15) is 40.5 Å². The van der Waals surface area contributed by atoms with E-state index in [2.05, 4.69) is 20.8 Å². The van der Waals surface area contributed by atoms with Gasteiger partial charge in [0.2, 0.25) is 5.91 Å². The summed E-state index contributed by atoms with van der Waals surface area (Å²) in [5.74, 6) is 0.777. The first kappa shape index (κ1) is 12.5. The fourth-order valence-corrected chi connectivity index (χ4v) is 2.01. The van der Waals surface area contributed by atoms with Gasteiger partial charge in [-0.15, -0.1) is 0 Å². The molecule has 1 saturated heterocycles. The summed E-state index contributed by atoms with van der Waals surface area (Å²) in [5, 5.41) is 0. The lowest BCUT2D eigenvalue weighted by Crippen LogP contribution is -2.34. The van der Waals surface area contributed by atoms with Gasteiger partial charge in [-0.3, -0.25) is 4.79 Å². The van der Waals surface area contributed by atoms with E-state index in [-0.39, 0.29) is 17.4 Å². The highest BCUT2D eigenvalue weighted by molar-refractivity contribution is 5.77. The van der Waals surface area contributed by atoms with Crippen LogP contribution < -0.4 is 5.73 Å². The molecule has 0 aromatic carbocycles. The van der Waals surface area contributed by atoms with Crippen molar-refractivity contribution in [1.29, 1.82) is 0 Å². The number of nitrogens with zero attached hydrogens (tertiary/aromatic N) is 1. The molecule has 1 aliphatic heterocycles. The van der Waals surface area contributed by atoms with Crippen LogP contribution in [0.4, 0.5) is 0 Å². The summed E-state index contributed by atoms with van der Waals surface area (Å²) in [4.78, 5) is 13.9. The number of rotatable bonds is 2. The molecule has 1 fully saturated rings. The topological polar surface area (TPSA) is 46.3 Å². The second-order valence-corrected chi connectivity index (χ2v) is 5.99. The van der Waals surface area contributed by atoms with E-state index < -0.39 is 0 Å². The summed E-state index contributed by atoms with van der Waals surface area (Å²) in [6.45, 7) is 10.1. The largest absolute Gasteiger partial charge is 0.342 e. The smallest absolute Gasteiger partial charge is 0.223 e. The van der Waals surface area contributed by atoms with Gasteiger partial charge in [-0.05, 0) is 24.7 Å². The summed E-state index contributed by atoms with van der Waals surface area (Å²) in [6.07, 6.45) is 1.70. The maximum absolute atomic E-state index is 11.9. The molecule has 0 aromatic heterocycles. The van der Waals surface area contributed by atoms with Gasteiger partial charge in [0.05, 0.1) is 0 Å². The van der Waals surface area contributed by atoms with E-state index in [4.69, 9.17) is 5.73 Å². The van der Waals surface area contributed by atoms with Gasteiger partial charge in [0, 0.05) is 25.6 Å². The average Bonchev–Trinajstić information content (AvgIpc) is 2.47. The van der Waals surface area contributed by atoms with Crippen molar-refractivity contribution in [2.24, 2.45) is 17.1 Å². The van der Waals surface area contributed by atoms with Crippen LogP contribution >= 0.6 is 0 Å². The third-order valence-corrected chi connectivity index (χ3v) is 3.00. The summed E-state index contributed by atoms with van der Waals surface area (Å²) in [6, 6.07) is 0.206. The Hall–Kier alpha value is -0.570. The van der Waals surface area contributed by atoms with Gasteiger partial charge in [0.25, 0.3) is 0 Å². The molecule has 0 aliphatic carbocycles. The van der Waals surface area contributed by atoms with Crippen LogP contribution in [-0.4, -0.2) is 29.9 Å². The van der Waals surface area contributed by atoms with Gasteiger partial charge in [-0.2, -0.15) is 0 Å². The maximum atomic E-state index is 11.9. The standard InChI is InChI=1S/C12H24N2O/c1-9(13)10-5-6-14(8-10)11(15)7-12(2,3)4/h9-10H,5-8,13H2,1-4H3. The van der Waals surface area contributed by atoms with Crippen molar-refractivity contribution in [3.05, 3.63) is 0 Å². The molecule has 0 spiro atoms. The van der Waals surface area contributed by atoms with Gasteiger partial charge >= 0.3 is 0 Å². The molecule has 1 heterocycles.